The Morgan fingerprint density at radius 1 is 1.04 bits per heavy atom. The van der Waals surface area contributed by atoms with E-state index in [1.54, 1.807) is 50.2 Å². The second kappa shape index (κ2) is 7.38. The fourth-order valence-corrected chi connectivity index (χ4v) is 2.22. The van der Waals surface area contributed by atoms with Crippen molar-refractivity contribution < 1.29 is 9.90 Å². The number of ketones is 1. The van der Waals surface area contributed by atoms with Gasteiger partial charge in [-0.2, -0.15) is 5.26 Å². The molecular formula is C20H17NO2. The van der Waals surface area contributed by atoms with Gasteiger partial charge in [0, 0.05) is 16.7 Å². The summed E-state index contributed by atoms with van der Waals surface area (Å²) in [6.07, 6.45) is -0.860. The molecule has 0 amide bonds. The van der Waals surface area contributed by atoms with Crippen LogP contribution in [0.4, 0.5) is 0 Å². The lowest BCUT2D eigenvalue weighted by atomic mass is 10.00. The summed E-state index contributed by atoms with van der Waals surface area (Å²) in [7, 11) is 0. The Hall–Kier alpha value is -2.92. The first-order valence-electron chi connectivity index (χ1n) is 7.25. The van der Waals surface area contributed by atoms with Gasteiger partial charge < -0.3 is 5.11 Å². The minimum atomic E-state index is -0.860. The van der Waals surface area contributed by atoms with Gasteiger partial charge in [0.2, 0.25) is 0 Å². The molecule has 2 rings (SSSR count). The Morgan fingerprint density at radius 2 is 1.65 bits per heavy atom. The van der Waals surface area contributed by atoms with Gasteiger partial charge in [0.25, 0.3) is 0 Å². The van der Waals surface area contributed by atoms with E-state index in [0.29, 0.717) is 27.8 Å². The molecule has 1 N–H and O–H groups in total. The van der Waals surface area contributed by atoms with Gasteiger partial charge in [0.1, 0.15) is 6.10 Å². The molecule has 0 aliphatic heterocycles. The van der Waals surface area contributed by atoms with E-state index in [1.165, 1.54) is 0 Å². The van der Waals surface area contributed by atoms with Gasteiger partial charge in [-0.05, 0) is 31.5 Å². The third-order valence-electron chi connectivity index (χ3n) is 3.53. The summed E-state index contributed by atoms with van der Waals surface area (Å²) in [4.78, 5) is 12.3. The topological polar surface area (TPSA) is 61.1 Å². The number of nitriles is 1. The highest BCUT2D eigenvalue weighted by Crippen LogP contribution is 2.21. The van der Waals surface area contributed by atoms with Gasteiger partial charge in [-0.3, -0.25) is 4.79 Å². The van der Waals surface area contributed by atoms with E-state index in [1.807, 2.05) is 24.3 Å². The smallest absolute Gasteiger partial charge is 0.196 e. The molecule has 0 spiro atoms. The highest BCUT2D eigenvalue weighted by atomic mass is 16.3. The Balaban J connectivity index is 2.29. The number of aliphatic hydroxyl groups excluding tert-OH is 1. The number of aliphatic hydroxyl groups is 1. The van der Waals surface area contributed by atoms with Gasteiger partial charge in [0.05, 0.1) is 11.6 Å². The van der Waals surface area contributed by atoms with Crippen molar-refractivity contribution in [3.63, 3.8) is 0 Å². The van der Waals surface area contributed by atoms with Crippen LogP contribution in [-0.4, -0.2) is 10.9 Å². The second-order valence-corrected chi connectivity index (χ2v) is 5.26. The summed E-state index contributed by atoms with van der Waals surface area (Å²) >= 11 is 0. The number of rotatable bonds is 4. The van der Waals surface area contributed by atoms with E-state index in [0.717, 1.165) is 0 Å². The van der Waals surface area contributed by atoms with E-state index in [-0.39, 0.29) is 5.78 Å². The van der Waals surface area contributed by atoms with Crippen LogP contribution in [0.1, 0.15) is 41.4 Å². The van der Waals surface area contributed by atoms with Crippen molar-refractivity contribution in [2.24, 2.45) is 0 Å². The molecule has 0 saturated carbocycles. The third kappa shape index (κ3) is 4.05. The van der Waals surface area contributed by atoms with Crippen molar-refractivity contribution >= 4 is 5.78 Å². The molecule has 0 aliphatic rings. The summed E-state index contributed by atoms with van der Waals surface area (Å²) in [6.45, 7) is 3.41. The van der Waals surface area contributed by atoms with Gasteiger partial charge in [0.15, 0.2) is 5.78 Å². The van der Waals surface area contributed by atoms with E-state index in [4.69, 9.17) is 5.26 Å². The molecule has 0 bridgehead atoms. The monoisotopic (exact) mass is 303 g/mol. The molecule has 2 aromatic rings. The summed E-state index contributed by atoms with van der Waals surface area (Å²) in [6, 6.07) is 17.7. The van der Waals surface area contributed by atoms with Crippen molar-refractivity contribution in [2.45, 2.75) is 20.0 Å². The van der Waals surface area contributed by atoms with Crippen molar-refractivity contribution in [1.29, 1.82) is 5.26 Å². The van der Waals surface area contributed by atoms with Crippen LogP contribution in [-0.2, 0) is 0 Å². The Morgan fingerprint density at radius 3 is 2.22 bits per heavy atom. The van der Waals surface area contributed by atoms with E-state index >= 15 is 0 Å². The highest BCUT2D eigenvalue weighted by molar-refractivity contribution is 6.08. The maximum Gasteiger partial charge on any atom is 0.196 e. The van der Waals surface area contributed by atoms with Crippen molar-refractivity contribution in [2.75, 3.05) is 0 Å². The predicted octanol–water partition coefficient (Wildman–Crippen LogP) is 3.97. The number of carbonyl (C=O) groups is 1. The standard InChI is InChI=1S/C20H17NO2/c1-14(19(22)17-6-4-3-5-7-17)12-15(2)20(23)18-10-8-16(13-21)9-11-18/h3-11,20,23H,1-2H3. The first-order valence-corrected chi connectivity index (χ1v) is 7.25. The van der Waals surface area contributed by atoms with Gasteiger partial charge >= 0.3 is 0 Å². The van der Waals surface area contributed by atoms with E-state index in [9.17, 15) is 9.90 Å². The molecule has 0 aliphatic carbocycles. The SMILES string of the molecule is CC(=C=C(C)C(O)c1ccc(C#N)cc1)C(=O)c1ccccc1. The highest BCUT2D eigenvalue weighted by Gasteiger charge is 2.11. The van der Waals surface area contributed by atoms with Gasteiger partial charge in [-0.15, -0.1) is 5.73 Å². The van der Waals surface area contributed by atoms with Crippen LogP contribution in [0.2, 0.25) is 0 Å². The largest absolute Gasteiger partial charge is 0.383 e. The van der Waals surface area contributed by atoms with Crippen LogP contribution in [0.3, 0.4) is 0 Å². The van der Waals surface area contributed by atoms with Crippen LogP contribution in [0.5, 0.6) is 0 Å². The molecule has 23 heavy (non-hydrogen) atoms. The first-order chi connectivity index (χ1) is 11.0. The fourth-order valence-electron chi connectivity index (χ4n) is 2.22. The zero-order chi connectivity index (χ0) is 16.8. The molecule has 3 nitrogen and oxygen atoms in total. The van der Waals surface area contributed by atoms with Crippen LogP contribution in [0.25, 0.3) is 0 Å². The average molecular weight is 303 g/mol. The van der Waals surface area contributed by atoms with Crippen LogP contribution >= 0.6 is 0 Å². The molecule has 1 atom stereocenters. The molecule has 0 heterocycles. The quantitative estimate of drug-likeness (QED) is 0.528. The number of hydrogen-bond acceptors (Lipinski definition) is 3. The summed E-state index contributed by atoms with van der Waals surface area (Å²) < 4.78 is 0. The molecule has 0 fully saturated rings. The second-order valence-electron chi connectivity index (χ2n) is 5.26. The average Bonchev–Trinajstić information content (AvgIpc) is 2.61. The molecule has 0 saturated heterocycles. The number of Topliss-reactive ketones (excluding diaryl/α,β-unsaturated/α-hetero) is 1. The Kier molecular flexibility index (Phi) is 5.28. The van der Waals surface area contributed by atoms with Crippen molar-refractivity contribution in [1.82, 2.24) is 0 Å². The minimum Gasteiger partial charge on any atom is -0.383 e. The Labute approximate surface area is 135 Å². The Bertz CT molecular complexity index is 805. The van der Waals surface area contributed by atoms with Crippen molar-refractivity contribution in [3.8, 4) is 6.07 Å². The molecular weight excluding hydrogens is 286 g/mol. The zero-order valence-corrected chi connectivity index (χ0v) is 13.1. The first kappa shape index (κ1) is 16.5. The lowest BCUT2D eigenvalue weighted by molar-refractivity contribution is 0.103. The number of carbonyl (C=O) groups excluding carboxylic acids is 1. The number of nitrogens with zero attached hydrogens (tertiary/aromatic N) is 1. The molecule has 2 aromatic carbocycles. The van der Waals surface area contributed by atoms with Crippen LogP contribution < -0.4 is 0 Å². The molecule has 0 aromatic heterocycles. The lowest BCUT2D eigenvalue weighted by Crippen LogP contribution is -2.02. The predicted molar refractivity (Wildman–Crippen MR) is 88.8 cm³/mol. The summed E-state index contributed by atoms with van der Waals surface area (Å²) in [5.41, 5.74) is 5.76. The molecule has 1 unspecified atom stereocenters. The zero-order valence-electron chi connectivity index (χ0n) is 13.1. The molecule has 114 valence electrons. The number of benzene rings is 2. The maximum atomic E-state index is 12.3. The molecule has 3 heteroatoms. The normalized spacial score (nSPS) is 11.0. The third-order valence-corrected chi connectivity index (χ3v) is 3.53. The summed E-state index contributed by atoms with van der Waals surface area (Å²) in [5, 5.41) is 19.1. The van der Waals surface area contributed by atoms with Crippen molar-refractivity contribution in [3.05, 3.63) is 88.2 Å². The van der Waals surface area contributed by atoms with Crippen LogP contribution in [0.15, 0.2) is 71.5 Å². The van der Waals surface area contributed by atoms with Gasteiger partial charge in [-0.25, -0.2) is 0 Å². The van der Waals surface area contributed by atoms with E-state index < -0.39 is 6.10 Å². The van der Waals surface area contributed by atoms with Crippen LogP contribution in [0, 0.1) is 11.3 Å². The maximum absolute atomic E-state index is 12.3. The minimum absolute atomic E-state index is 0.114. The molecule has 0 radical (unpaired) electrons. The number of hydrogen-bond donors (Lipinski definition) is 1. The fraction of sp³-hybridized carbons (Fsp3) is 0.150. The summed E-state index contributed by atoms with van der Waals surface area (Å²) in [5.74, 6) is -0.114. The van der Waals surface area contributed by atoms with E-state index in [2.05, 4.69) is 5.73 Å². The van der Waals surface area contributed by atoms with Gasteiger partial charge in [-0.1, -0.05) is 42.5 Å². The lowest BCUT2D eigenvalue weighted by Gasteiger charge is -2.10.